The number of quaternary nitrogens is 1. The molecule has 0 saturated carbocycles. The van der Waals surface area contributed by atoms with E-state index < -0.39 is 13.9 Å². The number of phosphoric ester groups is 1. The van der Waals surface area contributed by atoms with E-state index in [2.05, 4.69) is 13.8 Å². The third kappa shape index (κ3) is 40.1. The van der Waals surface area contributed by atoms with E-state index in [1.165, 1.54) is 148 Å². The van der Waals surface area contributed by atoms with Crippen LogP contribution in [0.2, 0.25) is 0 Å². The molecule has 51 heavy (non-hydrogen) atoms. The minimum atomic E-state index is -4.28. The van der Waals surface area contributed by atoms with E-state index in [1.54, 1.807) is 6.26 Å². The van der Waals surface area contributed by atoms with Gasteiger partial charge in [0, 0.05) is 6.42 Å². The molecular formula is C42H85NO7P+. The maximum absolute atomic E-state index is 12.6. The standard InChI is InChI=1S/C42H84NO7P/c1-6-8-10-12-14-16-18-20-22-23-25-27-29-31-33-35-42(44)50-41(40-49-51(45,46)48-38-36-43(3,4)5)39-47-37-34-32-30-28-26-24-21-19-17-15-13-11-9-7-2/h34,37,41H,6-33,35-36,38-40H2,1-5H3/p+1/b37-34-/t41-/m1/s1. The molecule has 304 valence electrons. The average Bonchev–Trinajstić information content (AvgIpc) is 3.08. The SMILES string of the molecule is CCCCCCCCCCCCCC/C=C\OC[C@H](COP(=O)(O)OCC[N+](C)(C)C)OC(=O)CCCCCCCCCCCCCCCCC. The van der Waals surface area contributed by atoms with Gasteiger partial charge in [0.05, 0.1) is 34.0 Å². The molecule has 0 saturated heterocycles. The van der Waals surface area contributed by atoms with Crippen LogP contribution in [-0.2, 0) is 27.9 Å². The smallest absolute Gasteiger partial charge is 0.472 e. The van der Waals surface area contributed by atoms with Crippen molar-refractivity contribution in [1.29, 1.82) is 0 Å². The van der Waals surface area contributed by atoms with Crippen LogP contribution in [0.3, 0.4) is 0 Å². The van der Waals surface area contributed by atoms with E-state index in [1.807, 2.05) is 27.2 Å². The quantitative estimate of drug-likeness (QED) is 0.0219. The summed E-state index contributed by atoms with van der Waals surface area (Å²) in [6.07, 6.45) is 39.0. The summed E-state index contributed by atoms with van der Waals surface area (Å²) in [6, 6.07) is 0. The van der Waals surface area contributed by atoms with Gasteiger partial charge >= 0.3 is 13.8 Å². The summed E-state index contributed by atoms with van der Waals surface area (Å²) in [5.41, 5.74) is 0. The molecule has 9 heteroatoms. The number of hydrogen-bond donors (Lipinski definition) is 1. The summed E-state index contributed by atoms with van der Waals surface area (Å²) >= 11 is 0. The number of esters is 1. The Hall–Kier alpha value is -0.920. The van der Waals surface area contributed by atoms with Crippen LogP contribution in [0.5, 0.6) is 0 Å². The van der Waals surface area contributed by atoms with Crippen molar-refractivity contribution in [1.82, 2.24) is 0 Å². The van der Waals surface area contributed by atoms with Gasteiger partial charge in [-0.1, -0.05) is 174 Å². The molecule has 0 aliphatic rings. The summed E-state index contributed by atoms with van der Waals surface area (Å²) in [5.74, 6) is -0.332. The largest absolute Gasteiger partial charge is 0.498 e. The summed E-state index contributed by atoms with van der Waals surface area (Å²) in [6.45, 7) is 4.96. The number of carbonyl (C=O) groups excluding carboxylic acids is 1. The molecule has 0 aromatic rings. The molecule has 2 atom stereocenters. The maximum Gasteiger partial charge on any atom is 0.472 e. The minimum absolute atomic E-state index is 0.0540. The molecule has 1 N–H and O–H groups in total. The average molecular weight is 747 g/mol. The molecule has 0 spiro atoms. The first-order chi connectivity index (χ1) is 24.6. The van der Waals surface area contributed by atoms with Crippen molar-refractivity contribution in [2.45, 2.75) is 206 Å². The lowest BCUT2D eigenvalue weighted by molar-refractivity contribution is -0.870. The molecule has 0 radical (unpaired) electrons. The van der Waals surface area contributed by atoms with E-state index in [4.69, 9.17) is 18.5 Å². The molecule has 0 aromatic carbocycles. The minimum Gasteiger partial charge on any atom is -0.498 e. The van der Waals surface area contributed by atoms with Crippen molar-refractivity contribution in [3.05, 3.63) is 12.3 Å². The normalized spacial score (nSPS) is 13.8. The zero-order valence-corrected chi connectivity index (χ0v) is 35.3. The highest BCUT2D eigenvalue weighted by atomic mass is 31.2. The fourth-order valence-corrected chi connectivity index (χ4v) is 6.79. The van der Waals surface area contributed by atoms with Gasteiger partial charge in [0.1, 0.15) is 19.8 Å². The molecular weight excluding hydrogens is 661 g/mol. The monoisotopic (exact) mass is 747 g/mol. The zero-order chi connectivity index (χ0) is 37.7. The molecule has 0 aliphatic heterocycles. The van der Waals surface area contributed by atoms with Gasteiger partial charge in [0.15, 0.2) is 6.10 Å². The molecule has 0 rings (SSSR count). The Bertz CT molecular complexity index is 833. The third-order valence-electron chi connectivity index (χ3n) is 9.42. The first-order valence-electron chi connectivity index (χ1n) is 21.5. The van der Waals surface area contributed by atoms with Crippen molar-refractivity contribution in [2.75, 3.05) is 47.5 Å². The van der Waals surface area contributed by atoms with Gasteiger partial charge in [-0.05, 0) is 25.3 Å². The van der Waals surface area contributed by atoms with Gasteiger partial charge in [0.2, 0.25) is 0 Å². The van der Waals surface area contributed by atoms with Crippen molar-refractivity contribution in [2.24, 2.45) is 0 Å². The first-order valence-corrected chi connectivity index (χ1v) is 23.0. The van der Waals surface area contributed by atoms with Gasteiger partial charge in [-0.2, -0.15) is 0 Å². The van der Waals surface area contributed by atoms with Crippen LogP contribution in [0.1, 0.15) is 200 Å². The Morgan fingerprint density at radius 2 is 1.02 bits per heavy atom. The Kier molecular flexibility index (Phi) is 35.4. The number of likely N-dealkylation sites (N-methyl/N-ethyl adjacent to an activating group) is 1. The summed E-state index contributed by atoms with van der Waals surface area (Å²) in [4.78, 5) is 22.8. The number of carbonyl (C=O) groups is 1. The van der Waals surface area contributed by atoms with Crippen molar-refractivity contribution >= 4 is 13.8 Å². The Balaban J connectivity index is 4.27. The number of nitrogens with zero attached hydrogens (tertiary/aromatic N) is 1. The molecule has 0 fully saturated rings. The van der Waals surface area contributed by atoms with Crippen molar-refractivity contribution in [3.63, 3.8) is 0 Å². The predicted octanol–water partition coefficient (Wildman–Crippen LogP) is 12.6. The molecule has 0 heterocycles. The fraction of sp³-hybridized carbons (Fsp3) is 0.929. The predicted molar refractivity (Wildman–Crippen MR) is 215 cm³/mol. The lowest BCUT2D eigenvalue weighted by atomic mass is 10.0. The molecule has 8 nitrogen and oxygen atoms in total. The molecule has 0 aromatic heterocycles. The number of ether oxygens (including phenoxy) is 2. The highest BCUT2D eigenvalue weighted by Gasteiger charge is 2.26. The maximum atomic E-state index is 12.6. The molecule has 1 unspecified atom stereocenters. The second-order valence-electron chi connectivity index (χ2n) is 15.8. The van der Waals surface area contributed by atoms with Crippen LogP contribution in [-0.4, -0.2) is 69.0 Å². The second kappa shape index (κ2) is 36.1. The second-order valence-corrected chi connectivity index (χ2v) is 17.3. The van der Waals surface area contributed by atoms with Crippen LogP contribution in [0, 0.1) is 0 Å². The summed E-state index contributed by atoms with van der Waals surface area (Å²) in [5, 5.41) is 0. The fourth-order valence-electron chi connectivity index (χ4n) is 6.05. The third-order valence-corrected chi connectivity index (χ3v) is 10.4. The molecule has 0 bridgehead atoms. The van der Waals surface area contributed by atoms with E-state index in [0.29, 0.717) is 17.4 Å². The van der Waals surface area contributed by atoms with Crippen molar-refractivity contribution < 1.29 is 37.3 Å². The highest BCUT2D eigenvalue weighted by Crippen LogP contribution is 2.43. The lowest BCUT2D eigenvalue weighted by Crippen LogP contribution is -2.37. The zero-order valence-electron chi connectivity index (χ0n) is 34.4. The van der Waals surface area contributed by atoms with Gasteiger partial charge in [-0.15, -0.1) is 0 Å². The van der Waals surface area contributed by atoms with Gasteiger partial charge in [-0.3, -0.25) is 13.8 Å². The Morgan fingerprint density at radius 3 is 1.45 bits per heavy atom. The molecule has 0 aliphatic carbocycles. The molecule has 0 amide bonds. The Morgan fingerprint density at radius 1 is 0.608 bits per heavy atom. The van der Waals surface area contributed by atoms with E-state index >= 15 is 0 Å². The van der Waals surface area contributed by atoms with E-state index in [9.17, 15) is 14.3 Å². The number of unbranched alkanes of at least 4 members (excludes halogenated alkanes) is 26. The van der Waals surface area contributed by atoms with Crippen LogP contribution >= 0.6 is 7.82 Å². The van der Waals surface area contributed by atoms with Crippen LogP contribution in [0.15, 0.2) is 12.3 Å². The Labute approximate surface area is 316 Å². The van der Waals surface area contributed by atoms with Gasteiger partial charge < -0.3 is 18.9 Å². The van der Waals surface area contributed by atoms with Gasteiger partial charge in [0.25, 0.3) is 0 Å². The summed E-state index contributed by atoms with van der Waals surface area (Å²) in [7, 11) is 1.65. The van der Waals surface area contributed by atoms with Gasteiger partial charge in [-0.25, -0.2) is 4.57 Å². The van der Waals surface area contributed by atoms with Crippen LogP contribution < -0.4 is 0 Å². The lowest BCUT2D eigenvalue weighted by Gasteiger charge is -2.24. The summed E-state index contributed by atoms with van der Waals surface area (Å²) < 4.78 is 34.7. The van der Waals surface area contributed by atoms with Crippen molar-refractivity contribution in [3.8, 4) is 0 Å². The van der Waals surface area contributed by atoms with E-state index in [-0.39, 0.29) is 25.8 Å². The number of phosphoric acid groups is 1. The number of allylic oxidation sites excluding steroid dienone is 1. The number of hydrogen-bond acceptors (Lipinski definition) is 6. The highest BCUT2D eigenvalue weighted by molar-refractivity contribution is 7.47. The van der Waals surface area contributed by atoms with Crippen LogP contribution in [0.4, 0.5) is 0 Å². The topological polar surface area (TPSA) is 91.3 Å². The van der Waals surface area contributed by atoms with E-state index in [0.717, 1.165) is 32.1 Å². The van der Waals surface area contributed by atoms with Crippen LogP contribution in [0.25, 0.3) is 0 Å². The first kappa shape index (κ1) is 50.1. The number of rotatable bonds is 40.